The standard InChI is InChI=1S/C13H19NO2/c1-3-7-16-13-6-4-5-12(8-13)10-14-9-11(2)15/h3-6,8,11,14-15H,1,7,9-10H2,2H3/t11-/m1/s1. The fourth-order valence-electron chi connectivity index (χ4n) is 1.33. The lowest BCUT2D eigenvalue weighted by atomic mass is 10.2. The molecule has 0 unspecified atom stereocenters. The number of hydrogen-bond donors (Lipinski definition) is 2. The number of hydrogen-bond acceptors (Lipinski definition) is 3. The molecule has 1 aromatic carbocycles. The van der Waals surface area contributed by atoms with Crippen LogP contribution < -0.4 is 10.1 Å². The van der Waals surface area contributed by atoms with Crippen molar-refractivity contribution in [1.29, 1.82) is 0 Å². The zero-order chi connectivity index (χ0) is 11.8. The largest absolute Gasteiger partial charge is 0.490 e. The lowest BCUT2D eigenvalue weighted by molar-refractivity contribution is 0.191. The van der Waals surface area contributed by atoms with Crippen LogP contribution >= 0.6 is 0 Å². The van der Waals surface area contributed by atoms with Gasteiger partial charge in [0.1, 0.15) is 12.4 Å². The van der Waals surface area contributed by atoms with Crippen LogP contribution in [0.4, 0.5) is 0 Å². The van der Waals surface area contributed by atoms with Crippen LogP contribution in [0.25, 0.3) is 0 Å². The highest BCUT2D eigenvalue weighted by molar-refractivity contribution is 5.28. The molecule has 1 rings (SSSR count). The molecule has 0 heterocycles. The van der Waals surface area contributed by atoms with Crippen LogP contribution in [0, 0.1) is 0 Å². The van der Waals surface area contributed by atoms with Crippen molar-refractivity contribution in [3.05, 3.63) is 42.5 Å². The fourth-order valence-corrected chi connectivity index (χ4v) is 1.33. The maximum Gasteiger partial charge on any atom is 0.120 e. The highest BCUT2D eigenvalue weighted by atomic mass is 16.5. The molecule has 0 aliphatic rings. The second-order valence-electron chi connectivity index (χ2n) is 3.73. The predicted molar refractivity (Wildman–Crippen MR) is 65.5 cm³/mol. The molecule has 88 valence electrons. The Hall–Kier alpha value is -1.32. The molecule has 0 fully saturated rings. The molecular formula is C13H19NO2. The van der Waals surface area contributed by atoms with E-state index < -0.39 is 0 Å². The zero-order valence-electron chi connectivity index (χ0n) is 9.65. The number of aliphatic hydroxyl groups excluding tert-OH is 1. The van der Waals surface area contributed by atoms with Gasteiger partial charge in [-0.1, -0.05) is 24.8 Å². The van der Waals surface area contributed by atoms with Gasteiger partial charge in [0, 0.05) is 13.1 Å². The van der Waals surface area contributed by atoms with Crippen molar-refractivity contribution in [1.82, 2.24) is 5.32 Å². The summed E-state index contributed by atoms with van der Waals surface area (Å²) in [6.07, 6.45) is 1.40. The summed E-state index contributed by atoms with van der Waals surface area (Å²) >= 11 is 0. The van der Waals surface area contributed by atoms with E-state index in [1.807, 2.05) is 24.3 Å². The van der Waals surface area contributed by atoms with Gasteiger partial charge in [0.25, 0.3) is 0 Å². The Labute approximate surface area is 96.8 Å². The molecule has 0 radical (unpaired) electrons. The molecule has 0 saturated carbocycles. The van der Waals surface area contributed by atoms with E-state index in [9.17, 15) is 0 Å². The molecule has 3 heteroatoms. The minimum Gasteiger partial charge on any atom is -0.490 e. The summed E-state index contributed by atoms with van der Waals surface area (Å²) in [5.74, 6) is 0.844. The monoisotopic (exact) mass is 221 g/mol. The van der Waals surface area contributed by atoms with Gasteiger partial charge < -0.3 is 15.2 Å². The summed E-state index contributed by atoms with van der Waals surface area (Å²) in [5.41, 5.74) is 1.14. The maximum absolute atomic E-state index is 9.10. The SMILES string of the molecule is C=CCOc1cccc(CNC[C@@H](C)O)c1. The van der Waals surface area contributed by atoms with Crippen molar-refractivity contribution in [3.63, 3.8) is 0 Å². The Bertz CT molecular complexity index is 323. The van der Waals surface area contributed by atoms with E-state index >= 15 is 0 Å². The van der Waals surface area contributed by atoms with Crippen LogP contribution in [0.2, 0.25) is 0 Å². The maximum atomic E-state index is 9.10. The third-order valence-corrected chi connectivity index (χ3v) is 2.04. The minimum atomic E-state index is -0.319. The Morgan fingerprint density at radius 1 is 1.56 bits per heavy atom. The Balaban J connectivity index is 2.43. The van der Waals surface area contributed by atoms with E-state index in [-0.39, 0.29) is 6.10 Å². The van der Waals surface area contributed by atoms with Gasteiger partial charge in [-0.25, -0.2) is 0 Å². The van der Waals surface area contributed by atoms with Crippen LogP contribution in [0.5, 0.6) is 5.75 Å². The van der Waals surface area contributed by atoms with E-state index in [2.05, 4.69) is 11.9 Å². The molecule has 0 aliphatic carbocycles. The summed E-state index contributed by atoms with van der Waals surface area (Å²) in [5, 5.41) is 12.3. The Kier molecular flexibility index (Phi) is 5.61. The van der Waals surface area contributed by atoms with Crippen molar-refractivity contribution in [3.8, 4) is 5.75 Å². The van der Waals surface area contributed by atoms with Crippen LogP contribution in [0.3, 0.4) is 0 Å². The molecule has 0 amide bonds. The number of aliphatic hydroxyl groups is 1. The molecule has 0 bridgehead atoms. The second-order valence-corrected chi connectivity index (χ2v) is 3.73. The first-order chi connectivity index (χ1) is 7.72. The topological polar surface area (TPSA) is 41.5 Å². The number of ether oxygens (including phenoxy) is 1. The van der Waals surface area contributed by atoms with E-state index in [1.165, 1.54) is 0 Å². The summed E-state index contributed by atoms with van der Waals surface area (Å²) in [4.78, 5) is 0. The zero-order valence-corrected chi connectivity index (χ0v) is 9.65. The molecule has 0 spiro atoms. The molecule has 3 nitrogen and oxygen atoms in total. The van der Waals surface area contributed by atoms with Gasteiger partial charge >= 0.3 is 0 Å². The van der Waals surface area contributed by atoms with Gasteiger partial charge in [-0.05, 0) is 24.6 Å². The van der Waals surface area contributed by atoms with Crippen LogP contribution in [-0.4, -0.2) is 24.4 Å². The van der Waals surface area contributed by atoms with E-state index in [4.69, 9.17) is 9.84 Å². The first-order valence-corrected chi connectivity index (χ1v) is 5.44. The summed E-state index contributed by atoms with van der Waals surface area (Å²) < 4.78 is 5.43. The molecule has 0 saturated heterocycles. The lowest BCUT2D eigenvalue weighted by Gasteiger charge is -2.08. The van der Waals surface area contributed by atoms with Gasteiger partial charge in [-0.15, -0.1) is 0 Å². The van der Waals surface area contributed by atoms with Gasteiger partial charge in [0.2, 0.25) is 0 Å². The van der Waals surface area contributed by atoms with Gasteiger partial charge in [-0.2, -0.15) is 0 Å². The summed E-state index contributed by atoms with van der Waals surface area (Å²) in [6, 6.07) is 7.88. The molecule has 0 aromatic heterocycles. The molecule has 1 aromatic rings. The van der Waals surface area contributed by atoms with Crippen LogP contribution in [0.15, 0.2) is 36.9 Å². The molecule has 1 atom stereocenters. The van der Waals surface area contributed by atoms with Crippen molar-refractivity contribution in [2.75, 3.05) is 13.2 Å². The fraction of sp³-hybridized carbons (Fsp3) is 0.385. The van der Waals surface area contributed by atoms with E-state index in [1.54, 1.807) is 13.0 Å². The summed E-state index contributed by atoms with van der Waals surface area (Å²) in [6.45, 7) is 7.21. The van der Waals surface area contributed by atoms with Crippen LogP contribution in [0.1, 0.15) is 12.5 Å². The Morgan fingerprint density at radius 3 is 3.06 bits per heavy atom. The predicted octanol–water partition coefficient (Wildman–Crippen LogP) is 1.72. The molecule has 2 N–H and O–H groups in total. The second kappa shape index (κ2) is 7.04. The first-order valence-electron chi connectivity index (χ1n) is 5.44. The number of benzene rings is 1. The minimum absolute atomic E-state index is 0.319. The number of nitrogens with one attached hydrogen (secondary N) is 1. The third kappa shape index (κ3) is 4.96. The van der Waals surface area contributed by atoms with E-state index in [0.29, 0.717) is 13.2 Å². The lowest BCUT2D eigenvalue weighted by Crippen LogP contribution is -2.23. The molecule has 0 aliphatic heterocycles. The normalized spacial score (nSPS) is 12.1. The number of rotatable bonds is 7. The van der Waals surface area contributed by atoms with E-state index in [0.717, 1.165) is 17.9 Å². The van der Waals surface area contributed by atoms with Crippen molar-refractivity contribution >= 4 is 0 Å². The van der Waals surface area contributed by atoms with Crippen molar-refractivity contribution in [2.45, 2.75) is 19.6 Å². The van der Waals surface area contributed by atoms with Crippen molar-refractivity contribution < 1.29 is 9.84 Å². The average molecular weight is 221 g/mol. The van der Waals surface area contributed by atoms with Gasteiger partial charge in [0.15, 0.2) is 0 Å². The quantitative estimate of drug-likeness (QED) is 0.689. The average Bonchev–Trinajstić information content (AvgIpc) is 2.26. The van der Waals surface area contributed by atoms with Gasteiger partial charge in [0.05, 0.1) is 6.10 Å². The van der Waals surface area contributed by atoms with Gasteiger partial charge in [-0.3, -0.25) is 0 Å². The van der Waals surface area contributed by atoms with Crippen molar-refractivity contribution in [2.24, 2.45) is 0 Å². The molecular weight excluding hydrogens is 202 g/mol. The first kappa shape index (κ1) is 12.7. The highest BCUT2D eigenvalue weighted by Gasteiger charge is 1.98. The summed E-state index contributed by atoms with van der Waals surface area (Å²) in [7, 11) is 0. The smallest absolute Gasteiger partial charge is 0.120 e. The highest BCUT2D eigenvalue weighted by Crippen LogP contribution is 2.13. The Morgan fingerprint density at radius 2 is 2.38 bits per heavy atom. The van der Waals surface area contributed by atoms with Crippen LogP contribution in [-0.2, 0) is 6.54 Å². The molecule has 16 heavy (non-hydrogen) atoms. The third-order valence-electron chi connectivity index (χ3n) is 2.04.